The molecule has 6 heteroatoms. The van der Waals surface area contributed by atoms with Gasteiger partial charge >= 0.3 is 11.9 Å². The molecule has 4 rings (SSSR count). The van der Waals surface area contributed by atoms with Crippen molar-refractivity contribution in [2.24, 2.45) is 5.92 Å². The summed E-state index contributed by atoms with van der Waals surface area (Å²) in [5.41, 5.74) is 4.50. The molecule has 1 N–H and O–H groups in total. The Hall–Kier alpha value is -3.15. The molecule has 0 radical (unpaired) electrons. The molecule has 1 saturated heterocycles. The largest absolute Gasteiger partial charge is 0.480 e. The number of amides is 1. The number of esters is 1. The van der Waals surface area contributed by atoms with Gasteiger partial charge in [0.1, 0.15) is 19.1 Å². The molecule has 144 valence electrons. The van der Waals surface area contributed by atoms with Crippen molar-refractivity contribution >= 4 is 17.8 Å². The highest BCUT2D eigenvalue weighted by Crippen LogP contribution is 2.44. The van der Waals surface area contributed by atoms with E-state index in [0.717, 1.165) is 22.3 Å². The molecular formula is C22H21NO5. The van der Waals surface area contributed by atoms with Gasteiger partial charge in [-0.25, -0.2) is 0 Å². The summed E-state index contributed by atoms with van der Waals surface area (Å²) >= 11 is 0. The number of carbonyl (C=O) groups excluding carboxylic acids is 2. The lowest BCUT2D eigenvalue weighted by Crippen LogP contribution is -2.46. The lowest BCUT2D eigenvalue weighted by molar-refractivity contribution is -0.160. The van der Waals surface area contributed by atoms with Crippen molar-refractivity contribution in [2.45, 2.75) is 18.8 Å². The molecular weight excluding hydrogens is 358 g/mol. The summed E-state index contributed by atoms with van der Waals surface area (Å²) in [6, 6.07) is 16.1. The van der Waals surface area contributed by atoms with Crippen LogP contribution in [0.5, 0.6) is 0 Å². The molecule has 1 aliphatic heterocycles. The van der Waals surface area contributed by atoms with E-state index < -0.39 is 23.8 Å². The van der Waals surface area contributed by atoms with Gasteiger partial charge in [0.05, 0.1) is 0 Å². The SMILES string of the molecule is O=C(O)CN1CCC[C@H](C(=O)OCC2c3ccccc3-c3ccccc32)C1=O. The number of benzene rings is 2. The van der Waals surface area contributed by atoms with Crippen LogP contribution in [-0.2, 0) is 19.1 Å². The molecule has 0 aromatic heterocycles. The first-order valence-electron chi connectivity index (χ1n) is 9.41. The van der Waals surface area contributed by atoms with Gasteiger partial charge in [0.2, 0.25) is 5.91 Å². The molecule has 28 heavy (non-hydrogen) atoms. The summed E-state index contributed by atoms with van der Waals surface area (Å²) in [5.74, 6) is -3.08. The molecule has 2 aromatic rings. The summed E-state index contributed by atoms with van der Waals surface area (Å²) in [5, 5.41) is 8.93. The number of piperidine rings is 1. The number of hydrogen-bond acceptors (Lipinski definition) is 4. The van der Waals surface area contributed by atoms with Crippen LogP contribution in [-0.4, -0.2) is 47.5 Å². The van der Waals surface area contributed by atoms with Crippen LogP contribution in [0.3, 0.4) is 0 Å². The summed E-state index contributed by atoms with van der Waals surface area (Å²) in [6.45, 7) is 0.139. The molecule has 0 saturated carbocycles. The molecule has 0 unspecified atom stereocenters. The maximum absolute atomic E-state index is 12.6. The Kier molecular flexibility index (Phi) is 4.86. The Morgan fingerprint density at radius 2 is 1.64 bits per heavy atom. The van der Waals surface area contributed by atoms with Gasteiger partial charge in [-0.2, -0.15) is 0 Å². The summed E-state index contributed by atoms with van der Waals surface area (Å²) in [6.07, 6.45) is 0.986. The smallest absolute Gasteiger partial charge is 0.323 e. The zero-order valence-electron chi connectivity index (χ0n) is 15.3. The Morgan fingerprint density at radius 3 is 2.25 bits per heavy atom. The minimum Gasteiger partial charge on any atom is -0.480 e. The van der Waals surface area contributed by atoms with Crippen molar-refractivity contribution in [1.82, 2.24) is 4.90 Å². The van der Waals surface area contributed by atoms with E-state index in [-0.39, 0.29) is 19.1 Å². The van der Waals surface area contributed by atoms with Crippen molar-refractivity contribution in [3.63, 3.8) is 0 Å². The quantitative estimate of drug-likeness (QED) is 0.638. The summed E-state index contributed by atoms with van der Waals surface area (Å²) in [7, 11) is 0. The number of rotatable bonds is 5. The first kappa shape index (κ1) is 18.2. The number of ether oxygens (including phenoxy) is 1. The highest BCUT2D eigenvalue weighted by molar-refractivity contribution is 5.99. The van der Waals surface area contributed by atoms with Gasteiger partial charge in [0, 0.05) is 12.5 Å². The van der Waals surface area contributed by atoms with Crippen LogP contribution in [0.25, 0.3) is 11.1 Å². The Morgan fingerprint density at radius 1 is 1.04 bits per heavy atom. The van der Waals surface area contributed by atoms with Gasteiger partial charge in [0.15, 0.2) is 0 Å². The third kappa shape index (κ3) is 3.26. The lowest BCUT2D eigenvalue weighted by atomic mass is 9.96. The number of carboxylic acid groups (broad SMARTS) is 1. The average molecular weight is 379 g/mol. The normalized spacial score (nSPS) is 18.5. The number of likely N-dealkylation sites (tertiary alicyclic amines) is 1. The Balaban J connectivity index is 1.48. The molecule has 0 spiro atoms. The lowest BCUT2D eigenvalue weighted by Gasteiger charge is -2.30. The van der Waals surface area contributed by atoms with E-state index in [4.69, 9.17) is 9.84 Å². The third-order valence-corrected chi connectivity index (χ3v) is 5.50. The molecule has 1 atom stereocenters. The second-order valence-electron chi connectivity index (χ2n) is 7.21. The van der Waals surface area contributed by atoms with Crippen LogP contribution in [0.4, 0.5) is 0 Å². The van der Waals surface area contributed by atoms with Gasteiger partial charge in [-0.05, 0) is 35.1 Å². The highest BCUT2D eigenvalue weighted by atomic mass is 16.5. The van der Waals surface area contributed by atoms with Crippen molar-refractivity contribution < 1.29 is 24.2 Å². The molecule has 2 aromatic carbocycles. The summed E-state index contributed by atoms with van der Waals surface area (Å²) < 4.78 is 5.57. The van der Waals surface area contributed by atoms with E-state index in [2.05, 4.69) is 12.1 Å². The topological polar surface area (TPSA) is 83.9 Å². The second kappa shape index (κ2) is 7.46. The molecule has 1 heterocycles. The average Bonchev–Trinajstić information content (AvgIpc) is 3.01. The maximum Gasteiger partial charge on any atom is 0.323 e. The Bertz CT molecular complexity index is 893. The maximum atomic E-state index is 12.6. The van der Waals surface area contributed by atoms with E-state index in [1.807, 2.05) is 36.4 Å². The first-order valence-corrected chi connectivity index (χ1v) is 9.41. The van der Waals surface area contributed by atoms with Crippen LogP contribution in [0.15, 0.2) is 48.5 Å². The van der Waals surface area contributed by atoms with E-state index >= 15 is 0 Å². The van der Waals surface area contributed by atoms with E-state index in [1.165, 1.54) is 4.90 Å². The molecule has 0 bridgehead atoms. The molecule has 1 aliphatic carbocycles. The van der Waals surface area contributed by atoms with Crippen LogP contribution < -0.4 is 0 Å². The molecule has 6 nitrogen and oxygen atoms in total. The minimum atomic E-state index is -1.08. The van der Waals surface area contributed by atoms with Crippen LogP contribution >= 0.6 is 0 Å². The number of fused-ring (bicyclic) bond motifs is 3. The van der Waals surface area contributed by atoms with Crippen LogP contribution in [0.2, 0.25) is 0 Å². The minimum absolute atomic E-state index is 0.0647. The van der Waals surface area contributed by atoms with Gasteiger partial charge in [-0.15, -0.1) is 0 Å². The van der Waals surface area contributed by atoms with E-state index in [1.54, 1.807) is 0 Å². The zero-order chi connectivity index (χ0) is 19.7. The fourth-order valence-corrected chi connectivity index (χ4v) is 4.18. The highest BCUT2D eigenvalue weighted by Gasteiger charge is 2.37. The summed E-state index contributed by atoms with van der Waals surface area (Å²) in [4.78, 5) is 37.2. The predicted molar refractivity (Wildman–Crippen MR) is 102 cm³/mol. The van der Waals surface area contributed by atoms with E-state index in [0.29, 0.717) is 19.4 Å². The van der Waals surface area contributed by atoms with Crippen LogP contribution in [0, 0.1) is 5.92 Å². The monoisotopic (exact) mass is 379 g/mol. The third-order valence-electron chi connectivity index (χ3n) is 5.50. The number of hydrogen-bond donors (Lipinski definition) is 1. The predicted octanol–water partition coefficient (Wildman–Crippen LogP) is 2.67. The molecule has 1 amide bonds. The number of aliphatic carboxylic acids is 1. The van der Waals surface area contributed by atoms with Crippen LogP contribution in [0.1, 0.15) is 29.9 Å². The van der Waals surface area contributed by atoms with Crippen molar-refractivity contribution in [1.29, 1.82) is 0 Å². The van der Waals surface area contributed by atoms with Crippen molar-refractivity contribution in [3.8, 4) is 11.1 Å². The van der Waals surface area contributed by atoms with Gasteiger partial charge in [-0.3, -0.25) is 14.4 Å². The van der Waals surface area contributed by atoms with Crippen molar-refractivity contribution in [3.05, 3.63) is 59.7 Å². The van der Waals surface area contributed by atoms with Gasteiger partial charge < -0.3 is 14.7 Å². The van der Waals surface area contributed by atoms with Crippen molar-refractivity contribution in [2.75, 3.05) is 19.7 Å². The second-order valence-corrected chi connectivity index (χ2v) is 7.21. The Labute approximate surface area is 162 Å². The van der Waals surface area contributed by atoms with E-state index in [9.17, 15) is 14.4 Å². The fourth-order valence-electron chi connectivity index (χ4n) is 4.18. The fraction of sp³-hybridized carbons (Fsp3) is 0.318. The number of carboxylic acids is 1. The standard InChI is InChI=1S/C22H21NO5/c24-20(25)12-23-11-5-10-18(21(23)26)22(27)28-13-19-16-8-3-1-6-14(16)15-7-2-4-9-17(15)19/h1-4,6-9,18-19H,5,10-13H2,(H,24,25)/t18-/m0/s1. The first-order chi connectivity index (χ1) is 13.6. The number of carbonyl (C=O) groups is 3. The van der Waals surface area contributed by atoms with Gasteiger partial charge in [-0.1, -0.05) is 48.5 Å². The molecule has 1 fully saturated rings. The van der Waals surface area contributed by atoms with Gasteiger partial charge in [0.25, 0.3) is 0 Å². The molecule has 2 aliphatic rings. The zero-order valence-corrected chi connectivity index (χ0v) is 15.3. The number of nitrogens with zero attached hydrogens (tertiary/aromatic N) is 1.